The van der Waals surface area contributed by atoms with Gasteiger partial charge in [0.15, 0.2) is 11.2 Å². The minimum Gasteiger partial charge on any atom is -0.857 e. The van der Waals surface area contributed by atoms with Crippen LogP contribution in [-0.4, -0.2) is 70.0 Å². The number of hydrogen-bond acceptors (Lipinski definition) is 12. The number of carbonyl (C=O) groups is 2. The van der Waals surface area contributed by atoms with Crippen LogP contribution in [0, 0.1) is 0 Å². The molecule has 1 aliphatic rings. The van der Waals surface area contributed by atoms with E-state index in [0.717, 1.165) is 11.3 Å². The number of carbonyl (C=O) groups excluding carboxylic acids is 2. The number of aliphatic imine (C=N–C) groups is 1. The molecule has 2 rings (SSSR count). The molecule has 0 unspecified atom stereocenters. The zero-order valence-corrected chi connectivity index (χ0v) is 19.0. The summed E-state index contributed by atoms with van der Waals surface area (Å²) in [6, 6.07) is -2.75. The summed E-state index contributed by atoms with van der Waals surface area (Å²) in [4.78, 5) is 35.0. The standard InChI is InChI=1S/C11H14N6O7S3.Na/c1-24-16-6(4-2-25-10(12)14-4)8(18)15-7-5(3-26-11(13)20)17(9(7)19)27(21,22)23;/h2,5,7H,3H2,1H3,(H2,12,14)(H2,13,20)(H,15,18)(H,21,22,23);/q;+1/p-1/b16-6+;/t5-,7+;/m1./s1. The van der Waals surface area contributed by atoms with Crippen LogP contribution >= 0.6 is 23.1 Å². The van der Waals surface area contributed by atoms with Crippen LogP contribution in [0.25, 0.3) is 0 Å². The Bertz CT molecular complexity index is 918. The van der Waals surface area contributed by atoms with Crippen LogP contribution in [0.5, 0.6) is 0 Å². The number of amides is 2. The van der Waals surface area contributed by atoms with Crippen molar-refractivity contribution in [2.75, 3.05) is 18.6 Å². The van der Waals surface area contributed by atoms with Gasteiger partial charge in [-0.05, 0) is 0 Å². The first kappa shape index (κ1) is 24.6. The molecular formula is C11H13N6NaO7S3. The van der Waals surface area contributed by atoms with Crippen molar-refractivity contribution in [1.29, 1.82) is 0 Å². The van der Waals surface area contributed by atoms with Crippen molar-refractivity contribution in [2.45, 2.75) is 12.1 Å². The molecule has 0 saturated carbocycles. The summed E-state index contributed by atoms with van der Waals surface area (Å²) >= 11 is 1.53. The van der Waals surface area contributed by atoms with Gasteiger partial charge in [0.1, 0.15) is 18.5 Å². The van der Waals surface area contributed by atoms with Gasteiger partial charge in [-0.15, -0.1) is 11.3 Å². The van der Waals surface area contributed by atoms with E-state index in [-0.39, 0.29) is 56.2 Å². The van der Waals surface area contributed by atoms with Crippen molar-refractivity contribution in [2.24, 2.45) is 15.9 Å². The number of nitrogens with two attached hydrogens (primary N) is 2. The van der Waals surface area contributed by atoms with E-state index in [1.807, 2.05) is 0 Å². The third-order valence-corrected chi connectivity index (χ3v) is 5.60. The Morgan fingerprint density at radius 3 is 2.68 bits per heavy atom. The number of nitrogen functional groups attached to an aromatic ring is 1. The molecule has 1 saturated heterocycles. The van der Waals surface area contributed by atoms with Crippen LogP contribution in [0.2, 0.25) is 0 Å². The fourth-order valence-corrected chi connectivity index (χ4v) is 4.30. The number of nitrogens with zero attached hydrogens (tertiary/aromatic N) is 4. The molecule has 28 heavy (non-hydrogen) atoms. The first-order valence-corrected chi connectivity index (χ1v) is 10.1. The van der Waals surface area contributed by atoms with E-state index in [4.69, 9.17) is 16.0 Å². The Morgan fingerprint density at radius 1 is 1.57 bits per heavy atom. The molecule has 0 aromatic carbocycles. The molecule has 1 fully saturated rings. The molecule has 148 valence electrons. The van der Waals surface area contributed by atoms with Crippen LogP contribution in [0.1, 0.15) is 5.69 Å². The molecule has 2 amide bonds. The summed E-state index contributed by atoms with van der Waals surface area (Å²) in [6.45, 7) is 0. The van der Waals surface area contributed by atoms with Gasteiger partial charge in [-0.25, -0.2) is 9.29 Å². The van der Waals surface area contributed by atoms with E-state index in [1.54, 1.807) is 0 Å². The molecule has 5 N–H and O–H groups in total. The number of thiazole rings is 1. The van der Waals surface area contributed by atoms with Crippen LogP contribution < -0.4 is 46.1 Å². The second-order valence-corrected chi connectivity index (χ2v) is 8.08. The average molecular weight is 460 g/mol. The van der Waals surface area contributed by atoms with Crippen molar-refractivity contribution in [1.82, 2.24) is 9.29 Å². The molecule has 1 aliphatic heterocycles. The number of anilines is 1. The third-order valence-electron chi connectivity index (χ3n) is 3.19. The van der Waals surface area contributed by atoms with E-state index >= 15 is 0 Å². The molecule has 0 aliphatic carbocycles. The summed E-state index contributed by atoms with van der Waals surface area (Å²) in [5.41, 5.74) is 10.2. The van der Waals surface area contributed by atoms with Gasteiger partial charge in [-0.1, -0.05) is 16.9 Å². The van der Waals surface area contributed by atoms with Gasteiger partial charge in [-0.2, -0.15) is 8.42 Å². The minimum atomic E-state index is -4.90. The third kappa shape index (κ3) is 5.56. The topological polar surface area (TPSA) is 214 Å². The monoisotopic (exact) mass is 460 g/mol. The molecule has 0 radical (unpaired) electrons. The van der Waals surface area contributed by atoms with Crippen molar-refractivity contribution >= 4 is 61.3 Å². The Hall–Kier alpha value is -1.43. The van der Waals surface area contributed by atoms with E-state index in [9.17, 15) is 23.1 Å². The van der Waals surface area contributed by atoms with Gasteiger partial charge in [0.05, 0.1) is 6.04 Å². The van der Waals surface area contributed by atoms with Crippen molar-refractivity contribution in [3.05, 3.63) is 11.1 Å². The Balaban J connectivity index is 0.00000392. The summed E-state index contributed by atoms with van der Waals surface area (Å²) in [5.74, 6) is -2.47. The zero-order valence-electron chi connectivity index (χ0n) is 14.5. The molecule has 0 bridgehead atoms. The summed E-state index contributed by atoms with van der Waals surface area (Å²) in [5, 5.41) is 16.6. The van der Waals surface area contributed by atoms with Crippen molar-refractivity contribution in [3.8, 4) is 0 Å². The number of thioether (sulfide) groups is 1. The van der Waals surface area contributed by atoms with Crippen molar-refractivity contribution < 1.29 is 62.1 Å². The van der Waals surface area contributed by atoms with Gasteiger partial charge in [0.2, 0.25) is 0 Å². The van der Waals surface area contributed by atoms with E-state index in [1.165, 1.54) is 12.5 Å². The van der Waals surface area contributed by atoms with Gasteiger partial charge in [0.25, 0.3) is 11.1 Å². The zero-order chi connectivity index (χ0) is 20.4. The number of rotatable bonds is 7. The quantitative estimate of drug-likeness (QED) is 0.0879. The molecule has 1 aromatic rings. The summed E-state index contributed by atoms with van der Waals surface area (Å²) in [6.07, 6.45) is 0. The van der Waals surface area contributed by atoms with Gasteiger partial charge < -0.3 is 21.4 Å². The Morgan fingerprint density at radius 2 is 2.21 bits per heavy atom. The van der Waals surface area contributed by atoms with E-state index < -0.39 is 39.4 Å². The molecule has 0 spiro atoms. The first-order valence-electron chi connectivity index (χ1n) is 6.87. The number of hydrogen-bond donors (Lipinski definition) is 3. The number of oxime groups is 1. The predicted octanol–water partition coefficient (Wildman–Crippen LogP) is -4.97. The Labute approximate surface area is 189 Å². The molecule has 1 aromatic heterocycles. The minimum absolute atomic E-state index is 0. The van der Waals surface area contributed by atoms with Crippen LogP contribution in [0.3, 0.4) is 0 Å². The van der Waals surface area contributed by atoms with Crippen LogP contribution in [0.4, 0.5) is 9.93 Å². The fourth-order valence-electron chi connectivity index (χ4n) is 2.13. The van der Waals surface area contributed by atoms with Gasteiger partial charge in [0, 0.05) is 17.0 Å². The number of aromatic nitrogens is 1. The average Bonchev–Trinajstić information content (AvgIpc) is 2.98. The molecular weight excluding hydrogens is 447 g/mol. The normalized spacial score (nSPS) is 20.4. The molecule has 13 nitrogen and oxygen atoms in total. The van der Waals surface area contributed by atoms with E-state index in [0.29, 0.717) is 11.8 Å². The van der Waals surface area contributed by atoms with Gasteiger partial charge >= 0.3 is 39.9 Å². The maximum Gasteiger partial charge on any atom is 1.00 e. The maximum atomic E-state index is 12.4. The summed E-state index contributed by atoms with van der Waals surface area (Å²) in [7, 11) is -3.72. The van der Waals surface area contributed by atoms with E-state index in [2.05, 4.69) is 20.0 Å². The molecule has 17 heteroatoms. The fraction of sp³-hybridized carbons (Fsp3) is 0.364. The van der Waals surface area contributed by atoms with Crippen molar-refractivity contribution in [3.63, 3.8) is 0 Å². The van der Waals surface area contributed by atoms with Crippen LogP contribution in [-0.2, 0) is 19.9 Å². The molecule has 2 heterocycles. The number of β-lactam (4-membered cyclic amide) rings is 1. The largest absolute Gasteiger partial charge is 1.00 e. The predicted molar refractivity (Wildman–Crippen MR) is 95.5 cm³/mol. The second kappa shape index (κ2) is 9.86. The SMILES string of the molecule is CO/N=C(/C([O-])=N[C@@H]1C(=O)N(S(=O)(=O)O)[C@@H]1CSC(N)=O)c1csc(N)n1.[Na+]. The van der Waals surface area contributed by atoms with Gasteiger partial charge in [-0.3, -0.25) is 19.1 Å². The smallest absolute Gasteiger partial charge is 0.857 e. The molecule has 2 atom stereocenters. The Kier molecular flexibility index (Phi) is 8.66. The first-order chi connectivity index (χ1) is 12.6. The van der Waals surface area contributed by atoms with Crippen LogP contribution in [0.15, 0.2) is 15.5 Å². The summed E-state index contributed by atoms with van der Waals surface area (Å²) < 4.78 is 31.9. The maximum absolute atomic E-state index is 12.4. The second-order valence-electron chi connectivity index (χ2n) is 4.88. The number of primary amides is 1.